The molecule has 0 bridgehead atoms. The molecule has 1 heterocycles. The monoisotopic (exact) mass is 372 g/mol. The van der Waals surface area contributed by atoms with Crippen molar-refractivity contribution in [3.05, 3.63) is 24.3 Å². The second-order valence-electron chi connectivity index (χ2n) is 6.01. The van der Waals surface area contributed by atoms with Crippen molar-refractivity contribution in [3.63, 3.8) is 0 Å². The van der Waals surface area contributed by atoms with Crippen molar-refractivity contribution in [2.45, 2.75) is 38.5 Å². The van der Waals surface area contributed by atoms with Gasteiger partial charge in [-0.2, -0.15) is 0 Å². The van der Waals surface area contributed by atoms with E-state index in [1.807, 2.05) is 4.90 Å². The number of carbonyl (C=O) groups is 1. The van der Waals surface area contributed by atoms with Gasteiger partial charge in [-0.1, -0.05) is 6.42 Å². The molecule has 0 aliphatic carbocycles. The second kappa shape index (κ2) is 9.30. The van der Waals surface area contributed by atoms with Gasteiger partial charge in [0.15, 0.2) is 5.96 Å². The fraction of sp³-hybridized carbons (Fsp3) is 0.529. The van der Waals surface area contributed by atoms with Gasteiger partial charge >= 0.3 is 6.36 Å². The van der Waals surface area contributed by atoms with E-state index < -0.39 is 6.36 Å². The minimum absolute atomic E-state index is 0.164. The number of hydrogen-bond acceptors (Lipinski definition) is 3. The second-order valence-corrected chi connectivity index (χ2v) is 6.01. The van der Waals surface area contributed by atoms with Crippen LogP contribution in [0.25, 0.3) is 0 Å². The molecule has 1 aliphatic rings. The zero-order chi connectivity index (χ0) is 19.0. The summed E-state index contributed by atoms with van der Waals surface area (Å²) < 4.78 is 40.1. The summed E-state index contributed by atoms with van der Waals surface area (Å²) in [6, 6.07) is 5.21. The Morgan fingerprint density at radius 3 is 2.65 bits per heavy atom. The van der Waals surface area contributed by atoms with E-state index in [0.717, 1.165) is 25.8 Å². The molecule has 0 aromatic heterocycles. The Hall–Kier alpha value is -2.45. The Kier molecular flexibility index (Phi) is 7.11. The molecule has 1 amide bonds. The van der Waals surface area contributed by atoms with Crippen LogP contribution in [-0.4, -0.2) is 42.8 Å². The van der Waals surface area contributed by atoms with E-state index in [4.69, 9.17) is 5.73 Å². The van der Waals surface area contributed by atoms with Crippen LogP contribution < -0.4 is 15.8 Å². The van der Waals surface area contributed by atoms with Crippen molar-refractivity contribution in [2.24, 2.45) is 10.7 Å². The smallest absolute Gasteiger partial charge is 0.406 e. The average Bonchev–Trinajstić information content (AvgIpc) is 2.77. The van der Waals surface area contributed by atoms with Gasteiger partial charge in [-0.15, -0.1) is 13.2 Å². The fourth-order valence-corrected chi connectivity index (χ4v) is 2.66. The quantitative estimate of drug-likeness (QED) is 0.457. The Morgan fingerprint density at radius 1 is 1.23 bits per heavy atom. The molecule has 26 heavy (non-hydrogen) atoms. The zero-order valence-corrected chi connectivity index (χ0v) is 14.4. The van der Waals surface area contributed by atoms with Gasteiger partial charge in [0.2, 0.25) is 5.91 Å². The number of nitrogens with one attached hydrogen (secondary N) is 1. The topological polar surface area (TPSA) is 80.0 Å². The lowest BCUT2D eigenvalue weighted by atomic mass is 10.2. The van der Waals surface area contributed by atoms with Crippen LogP contribution in [0.4, 0.5) is 18.9 Å². The van der Waals surface area contributed by atoms with Crippen molar-refractivity contribution in [3.8, 4) is 5.75 Å². The van der Waals surface area contributed by atoms with Crippen molar-refractivity contribution in [1.82, 2.24) is 4.90 Å². The maximum atomic E-state index is 12.1. The van der Waals surface area contributed by atoms with Gasteiger partial charge in [0.05, 0.1) is 0 Å². The lowest BCUT2D eigenvalue weighted by molar-refractivity contribution is -0.274. The fourth-order valence-electron chi connectivity index (χ4n) is 2.66. The number of nitrogens with zero attached hydrogens (tertiary/aromatic N) is 2. The molecule has 0 atom stereocenters. The standard InChI is InChI=1S/C17H23F3N4O2/c18-17(19,20)26-14-8-6-13(7-9-14)23-16(21)22-10-4-12-24-11-3-1-2-5-15(24)25/h6-9H,1-5,10-12H2,(H3,21,22,23). The normalized spacial score (nSPS) is 16.3. The third-order valence-corrected chi connectivity index (χ3v) is 3.90. The third kappa shape index (κ3) is 7.20. The van der Waals surface area contributed by atoms with Crippen LogP contribution in [0, 0.1) is 0 Å². The van der Waals surface area contributed by atoms with Gasteiger partial charge in [-0.05, 0) is 43.5 Å². The van der Waals surface area contributed by atoms with Gasteiger partial charge < -0.3 is 20.7 Å². The number of ether oxygens (including phenoxy) is 1. The van der Waals surface area contributed by atoms with Crippen molar-refractivity contribution < 1.29 is 22.7 Å². The maximum absolute atomic E-state index is 12.1. The number of alkyl halides is 3. The van der Waals surface area contributed by atoms with E-state index in [-0.39, 0.29) is 17.6 Å². The maximum Gasteiger partial charge on any atom is 0.573 e. The van der Waals surface area contributed by atoms with E-state index in [0.29, 0.717) is 31.6 Å². The summed E-state index contributed by atoms with van der Waals surface area (Å²) in [5.41, 5.74) is 6.27. The Labute approximate surface area is 150 Å². The number of benzene rings is 1. The van der Waals surface area contributed by atoms with E-state index >= 15 is 0 Å². The molecule has 0 saturated carbocycles. The van der Waals surface area contributed by atoms with E-state index in [9.17, 15) is 18.0 Å². The molecule has 1 aromatic carbocycles. The lowest BCUT2D eigenvalue weighted by Crippen LogP contribution is -2.31. The third-order valence-electron chi connectivity index (χ3n) is 3.90. The molecule has 0 spiro atoms. The van der Waals surface area contributed by atoms with E-state index in [2.05, 4.69) is 15.0 Å². The Bertz CT molecular complexity index is 617. The van der Waals surface area contributed by atoms with Gasteiger partial charge in [0.1, 0.15) is 5.75 Å². The number of rotatable bonds is 6. The highest BCUT2D eigenvalue weighted by atomic mass is 19.4. The Morgan fingerprint density at radius 2 is 1.96 bits per heavy atom. The number of halogens is 3. The molecule has 9 heteroatoms. The first-order chi connectivity index (χ1) is 12.3. The SMILES string of the molecule is NC(=NCCCN1CCCCCC1=O)Nc1ccc(OC(F)(F)F)cc1. The summed E-state index contributed by atoms with van der Waals surface area (Å²) in [6.07, 6.45) is -0.328. The molecule has 3 N–H and O–H groups in total. The van der Waals surface area contributed by atoms with Gasteiger partial charge in [0.25, 0.3) is 0 Å². The first kappa shape index (κ1) is 19.9. The molecule has 1 saturated heterocycles. The minimum atomic E-state index is -4.72. The highest BCUT2D eigenvalue weighted by Crippen LogP contribution is 2.23. The number of nitrogens with two attached hydrogens (primary N) is 1. The van der Waals surface area contributed by atoms with Gasteiger partial charge in [0, 0.05) is 31.7 Å². The van der Waals surface area contributed by atoms with Crippen LogP contribution in [0.15, 0.2) is 29.3 Å². The molecule has 2 rings (SSSR count). The van der Waals surface area contributed by atoms with Gasteiger partial charge in [-0.3, -0.25) is 9.79 Å². The molecule has 0 radical (unpaired) electrons. The zero-order valence-electron chi connectivity index (χ0n) is 14.4. The molecule has 144 valence electrons. The summed E-state index contributed by atoms with van der Waals surface area (Å²) in [5, 5.41) is 2.80. The van der Waals surface area contributed by atoms with E-state index in [1.54, 1.807) is 0 Å². The molecule has 1 aliphatic heterocycles. The van der Waals surface area contributed by atoms with Crippen LogP contribution in [0.3, 0.4) is 0 Å². The van der Waals surface area contributed by atoms with E-state index in [1.165, 1.54) is 24.3 Å². The van der Waals surface area contributed by atoms with Crippen LogP contribution in [0.1, 0.15) is 32.1 Å². The summed E-state index contributed by atoms with van der Waals surface area (Å²) >= 11 is 0. The molecule has 1 aromatic rings. The number of carbonyl (C=O) groups excluding carboxylic acids is 1. The minimum Gasteiger partial charge on any atom is -0.406 e. The Balaban J connectivity index is 1.74. The molecule has 1 fully saturated rings. The van der Waals surface area contributed by atoms with Crippen molar-refractivity contribution in [2.75, 3.05) is 25.0 Å². The van der Waals surface area contributed by atoms with Crippen LogP contribution >= 0.6 is 0 Å². The largest absolute Gasteiger partial charge is 0.573 e. The van der Waals surface area contributed by atoms with Crippen molar-refractivity contribution >= 4 is 17.6 Å². The molecular formula is C17H23F3N4O2. The lowest BCUT2D eigenvalue weighted by Gasteiger charge is -2.19. The van der Waals surface area contributed by atoms with Crippen LogP contribution in [0.5, 0.6) is 5.75 Å². The number of likely N-dealkylation sites (tertiary alicyclic amines) is 1. The van der Waals surface area contributed by atoms with Crippen LogP contribution in [0.2, 0.25) is 0 Å². The number of aliphatic imine (C=N–C) groups is 1. The number of guanidine groups is 1. The number of anilines is 1. The summed E-state index contributed by atoms with van der Waals surface area (Å²) in [5.74, 6) is 0.0519. The predicted molar refractivity (Wildman–Crippen MR) is 92.9 cm³/mol. The molecule has 6 nitrogen and oxygen atoms in total. The summed E-state index contributed by atoms with van der Waals surface area (Å²) in [6.45, 7) is 1.90. The van der Waals surface area contributed by atoms with Crippen molar-refractivity contribution in [1.29, 1.82) is 0 Å². The summed E-state index contributed by atoms with van der Waals surface area (Å²) in [7, 11) is 0. The average molecular weight is 372 g/mol. The first-order valence-electron chi connectivity index (χ1n) is 8.54. The highest BCUT2D eigenvalue weighted by Gasteiger charge is 2.30. The number of hydrogen-bond donors (Lipinski definition) is 2. The summed E-state index contributed by atoms with van der Waals surface area (Å²) in [4.78, 5) is 17.9. The highest BCUT2D eigenvalue weighted by molar-refractivity contribution is 5.92. The first-order valence-corrected chi connectivity index (χ1v) is 8.54. The number of amides is 1. The van der Waals surface area contributed by atoms with Crippen LogP contribution in [-0.2, 0) is 4.79 Å². The molecule has 0 unspecified atom stereocenters. The molecular weight excluding hydrogens is 349 g/mol. The van der Waals surface area contributed by atoms with Gasteiger partial charge in [-0.25, -0.2) is 0 Å². The predicted octanol–water partition coefficient (Wildman–Crippen LogP) is 3.10.